The van der Waals surface area contributed by atoms with Crippen molar-refractivity contribution < 1.29 is 14.3 Å². The maximum Gasteiger partial charge on any atom is 0.309 e. The zero-order valence-electron chi connectivity index (χ0n) is 9.36. The van der Waals surface area contributed by atoms with Gasteiger partial charge in [0.2, 0.25) is 0 Å². The lowest BCUT2D eigenvalue weighted by molar-refractivity contribution is -0.139. The van der Waals surface area contributed by atoms with E-state index < -0.39 is 0 Å². The van der Waals surface area contributed by atoms with Gasteiger partial charge in [0, 0.05) is 12.1 Å². The quantitative estimate of drug-likeness (QED) is 0.812. The Hall–Kier alpha value is -1.26. The second kappa shape index (κ2) is 7.09. The minimum Gasteiger partial charge on any atom is -0.496 e. The molecule has 0 bridgehead atoms. The molecule has 0 unspecified atom stereocenters. The Morgan fingerprint density at radius 1 is 1.38 bits per heavy atom. The molecule has 0 saturated heterocycles. The van der Waals surface area contributed by atoms with Gasteiger partial charge in [-0.05, 0) is 11.6 Å². The van der Waals surface area contributed by atoms with Crippen molar-refractivity contribution in [3.05, 3.63) is 29.3 Å². The minimum absolute atomic E-state index is 0. The summed E-state index contributed by atoms with van der Waals surface area (Å²) in [5.74, 6) is 0.441. The first kappa shape index (κ1) is 14.7. The molecule has 0 aromatic heterocycles. The van der Waals surface area contributed by atoms with E-state index in [1.54, 1.807) is 13.2 Å². The first-order chi connectivity index (χ1) is 7.21. The molecule has 0 heterocycles. The van der Waals surface area contributed by atoms with E-state index in [2.05, 4.69) is 4.74 Å². The number of carbonyl (C=O) groups excluding carboxylic acids is 1. The summed E-state index contributed by atoms with van der Waals surface area (Å²) in [5, 5.41) is 0. The van der Waals surface area contributed by atoms with E-state index in [4.69, 9.17) is 10.5 Å². The van der Waals surface area contributed by atoms with Gasteiger partial charge in [-0.15, -0.1) is 12.4 Å². The number of halogens is 1. The third kappa shape index (κ3) is 3.72. The summed E-state index contributed by atoms with van der Waals surface area (Å²) in [7, 11) is 2.95. The normalized spacial score (nSPS) is 9.19. The van der Waals surface area contributed by atoms with Gasteiger partial charge in [0.15, 0.2) is 0 Å². The van der Waals surface area contributed by atoms with Crippen LogP contribution in [0.15, 0.2) is 18.2 Å². The topological polar surface area (TPSA) is 61.5 Å². The average molecular weight is 246 g/mol. The molecule has 0 saturated carbocycles. The average Bonchev–Trinajstić information content (AvgIpc) is 2.28. The van der Waals surface area contributed by atoms with Gasteiger partial charge in [-0.2, -0.15) is 0 Å². The van der Waals surface area contributed by atoms with Gasteiger partial charge in [-0.3, -0.25) is 4.79 Å². The maximum absolute atomic E-state index is 11.0. The van der Waals surface area contributed by atoms with Crippen LogP contribution in [-0.2, 0) is 22.5 Å². The highest BCUT2D eigenvalue weighted by Gasteiger charge is 2.06. The summed E-state index contributed by atoms with van der Waals surface area (Å²) in [6.45, 7) is 0.418. The first-order valence-corrected chi connectivity index (χ1v) is 4.64. The zero-order valence-corrected chi connectivity index (χ0v) is 10.2. The minimum atomic E-state index is -0.266. The molecule has 2 N–H and O–H groups in total. The van der Waals surface area contributed by atoms with Gasteiger partial charge < -0.3 is 15.2 Å². The predicted octanol–water partition coefficient (Wildman–Crippen LogP) is 1.29. The number of hydrogen-bond acceptors (Lipinski definition) is 4. The molecule has 1 aromatic carbocycles. The maximum atomic E-state index is 11.0. The van der Waals surface area contributed by atoms with Gasteiger partial charge in [0.1, 0.15) is 5.75 Å². The molecule has 1 aromatic rings. The molecule has 0 aliphatic rings. The van der Waals surface area contributed by atoms with Crippen LogP contribution in [-0.4, -0.2) is 20.2 Å². The molecule has 5 heteroatoms. The summed E-state index contributed by atoms with van der Waals surface area (Å²) < 4.78 is 9.74. The van der Waals surface area contributed by atoms with Crippen LogP contribution < -0.4 is 10.5 Å². The van der Waals surface area contributed by atoms with Crippen molar-refractivity contribution in [3.8, 4) is 5.75 Å². The molecule has 0 aliphatic carbocycles. The number of esters is 1. The van der Waals surface area contributed by atoms with Crippen LogP contribution in [0.5, 0.6) is 5.75 Å². The van der Waals surface area contributed by atoms with Crippen molar-refractivity contribution in [3.63, 3.8) is 0 Å². The van der Waals surface area contributed by atoms with Crippen LogP contribution in [0.1, 0.15) is 11.1 Å². The molecule has 0 amide bonds. The molecule has 4 nitrogen and oxygen atoms in total. The van der Waals surface area contributed by atoms with Crippen LogP contribution >= 0.6 is 12.4 Å². The lowest BCUT2D eigenvalue weighted by atomic mass is 10.1. The Morgan fingerprint density at radius 2 is 2.06 bits per heavy atom. The summed E-state index contributed by atoms with van der Waals surface area (Å²) in [6, 6.07) is 5.51. The van der Waals surface area contributed by atoms with Crippen molar-refractivity contribution in [1.82, 2.24) is 0 Å². The fourth-order valence-electron chi connectivity index (χ4n) is 1.31. The number of hydrogen-bond donors (Lipinski definition) is 1. The summed E-state index contributed by atoms with van der Waals surface area (Å²) in [4.78, 5) is 11.0. The number of methoxy groups -OCH3 is 2. The number of nitrogens with two attached hydrogens (primary N) is 1. The van der Waals surface area contributed by atoms with Crippen molar-refractivity contribution in [2.45, 2.75) is 13.0 Å². The van der Waals surface area contributed by atoms with Crippen LogP contribution in [0.3, 0.4) is 0 Å². The van der Waals surface area contributed by atoms with E-state index in [9.17, 15) is 4.79 Å². The Balaban J connectivity index is 0.00000225. The summed E-state index contributed by atoms with van der Waals surface area (Å²) in [6.07, 6.45) is 0.248. The molecule has 1 rings (SSSR count). The number of ether oxygens (including phenoxy) is 2. The van der Waals surface area contributed by atoms with E-state index in [1.807, 2.05) is 12.1 Å². The van der Waals surface area contributed by atoms with Gasteiger partial charge >= 0.3 is 5.97 Å². The lowest BCUT2D eigenvalue weighted by Crippen LogP contribution is -2.06. The second-order valence-corrected chi connectivity index (χ2v) is 3.10. The Bertz CT molecular complexity index is 355. The summed E-state index contributed by atoms with van der Waals surface area (Å²) in [5.41, 5.74) is 7.31. The molecule has 0 aliphatic heterocycles. The van der Waals surface area contributed by atoms with E-state index in [0.717, 1.165) is 11.1 Å². The summed E-state index contributed by atoms with van der Waals surface area (Å²) >= 11 is 0. The van der Waals surface area contributed by atoms with Gasteiger partial charge in [-0.1, -0.05) is 12.1 Å². The highest BCUT2D eigenvalue weighted by molar-refractivity contribution is 5.85. The van der Waals surface area contributed by atoms with Crippen molar-refractivity contribution >= 4 is 18.4 Å². The van der Waals surface area contributed by atoms with Gasteiger partial charge in [-0.25, -0.2) is 0 Å². The van der Waals surface area contributed by atoms with E-state index >= 15 is 0 Å². The Labute approximate surface area is 101 Å². The molecule has 90 valence electrons. The van der Waals surface area contributed by atoms with Crippen LogP contribution in [0.4, 0.5) is 0 Å². The van der Waals surface area contributed by atoms with Crippen molar-refractivity contribution in [2.75, 3.05) is 14.2 Å². The third-order valence-corrected chi connectivity index (χ3v) is 2.15. The number of rotatable bonds is 4. The van der Waals surface area contributed by atoms with Crippen molar-refractivity contribution in [1.29, 1.82) is 0 Å². The van der Waals surface area contributed by atoms with Crippen LogP contribution in [0.25, 0.3) is 0 Å². The largest absolute Gasteiger partial charge is 0.496 e. The zero-order chi connectivity index (χ0) is 11.3. The van der Waals surface area contributed by atoms with E-state index in [1.165, 1.54) is 7.11 Å². The molecule has 16 heavy (non-hydrogen) atoms. The molecular weight excluding hydrogens is 230 g/mol. The Morgan fingerprint density at radius 3 is 2.56 bits per heavy atom. The number of benzene rings is 1. The monoisotopic (exact) mass is 245 g/mol. The fourth-order valence-corrected chi connectivity index (χ4v) is 1.31. The van der Waals surface area contributed by atoms with Crippen molar-refractivity contribution in [2.24, 2.45) is 5.73 Å². The highest BCUT2D eigenvalue weighted by Crippen LogP contribution is 2.20. The van der Waals surface area contributed by atoms with Gasteiger partial charge in [0.05, 0.1) is 20.6 Å². The number of carbonyl (C=O) groups is 1. The van der Waals surface area contributed by atoms with Crippen LogP contribution in [0.2, 0.25) is 0 Å². The molecule has 0 atom stereocenters. The highest BCUT2D eigenvalue weighted by atomic mass is 35.5. The second-order valence-electron chi connectivity index (χ2n) is 3.10. The third-order valence-electron chi connectivity index (χ3n) is 2.15. The Kier molecular flexibility index (Phi) is 6.53. The molecule has 0 spiro atoms. The van der Waals surface area contributed by atoms with E-state index in [0.29, 0.717) is 12.3 Å². The molecular formula is C11H16ClNO3. The molecule has 0 fully saturated rings. The van der Waals surface area contributed by atoms with Gasteiger partial charge in [0.25, 0.3) is 0 Å². The van der Waals surface area contributed by atoms with Crippen LogP contribution in [0, 0.1) is 0 Å². The lowest BCUT2D eigenvalue weighted by Gasteiger charge is -2.08. The molecule has 0 radical (unpaired) electrons. The first-order valence-electron chi connectivity index (χ1n) is 4.64. The fraction of sp³-hybridized carbons (Fsp3) is 0.364. The predicted molar refractivity (Wildman–Crippen MR) is 63.9 cm³/mol. The SMILES string of the molecule is COC(=O)Cc1ccc(CN)c(OC)c1.Cl. The smallest absolute Gasteiger partial charge is 0.309 e. The van der Waals surface area contributed by atoms with E-state index in [-0.39, 0.29) is 24.8 Å². The standard InChI is InChI=1S/C11H15NO3.ClH/c1-14-10-5-8(6-11(13)15-2)3-4-9(10)7-12;/h3-5H,6-7,12H2,1-2H3;1H.